The van der Waals surface area contributed by atoms with Crippen LogP contribution < -0.4 is 4.74 Å². The predicted molar refractivity (Wildman–Crippen MR) is 95.7 cm³/mol. The normalized spacial score (nSPS) is 16.7. The van der Waals surface area contributed by atoms with Crippen molar-refractivity contribution in [2.45, 2.75) is 0 Å². The highest BCUT2D eigenvalue weighted by Crippen LogP contribution is 2.23. The van der Waals surface area contributed by atoms with Crippen LogP contribution in [0.4, 0.5) is 0 Å². The second kappa shape index (κ2) is 6.88. The van der Waals surface area contributed by atoms with Crippen LogP contribution in [0.1, 0.15) is 0 Å². The molecule has 4 heterocycles. The van der Waals surface area contributed by atoms with E-state index in [-0.39, 0.29) is 0 Å². The molecule has 3 aromatic heterocycles. The summed E-state index contributed by atoms with van der Waals surface area (Å²) in [6, 6.07) is 5.93. The van der Waals surface area contributed by atoms with Crippen LogP contribution in [-0.4, -0.2) is 70.8 Å². The number of nitrogens with zero attached hydrogens (tertiary/aromatic N) is 5. The smallest absolute Gasteiger partial charge is 0.231 e. The Morgan fingerprint density at radius 1 is 1.17 bits per heavy atom. The molecule has 0 radical (unpaired) electrons. The molecule has 0 atom stereocenters. The average molecular weight is 343 g/mol. The van der Waals surface area contributed by atoms with Crippen molar-refractivity contribution >= 4 is 17.0 Å². The van der Waals surface area contributed by atoms with Crippen LogP contribution >= 0.6 is 11.3 Å². The van der Waals surface area contributed by atoms with Gasteiger partial charge in [0.25, 0.3) is 0 Å². The average Bonchev–Trinajstić information content (AvgIpc) is 3.25. The quantitative estimate of drug-likeness (QED) is 0.710. The molecule has 7 heteroatoms. The molecule has 1 saturated heterocycles. The fraction of sp³-hybridized carbons (Fsp3) is 0.412. The van der Waals surface area contributed by atoms with E-state index in [1.807, 2.05) is 22.8 Å². The summed E-state index contributed by atoms with van der Waals surface area (Å²) >= 11 is 1.67. The van der Waals surface area contributed by atoms with E-state index in [0.29, 0.717) is 12.5 Å². The lowest BCUT2D eigenvalue weighted by Gasteiger charge is -2.32. The van der Waals surface area contributed by atoms with Crippen molar-refractivity contribution in [1.82, 2.24) is 24.4 Å². The molecule has 1 aliphatic heterocycles. The highest BCUT2D eigenvalue weighted by atomic mass is 32.1. The first-order chi connectivity index (χ1) is 11.8. The summed E-state index contributed by atoms with van der Waals surface area (Å²) in [7, 11) is 2.17. The molecule has 4 rings (SSSR count). The first-order valence-corrected chi connectivity index (χ1v) is 9.15. The third-order valence-electron chi connectivity index (χ3n) is 4.41. The Bertz CT molecular complexity index is 793. The molecule has 0 unspecified atom stereocenters. The van der Waals surface area contributed by atoms with Gasteiger partial charge in [-0.15, -0.1) is 5.10 Å². The summed E-state index contributed by atoms with van der Waals surface area (Å²) < 4.78 is 7.73. The minimum absolute atomic E-state index is 0.645. The van der Waals surface area contributed by atoms with Crippen molar-refractivity contribution in [3.8, 4) is 17.1 Å². The Morgan fingerprint density at radius 2 is 2.04 bits per heavy atom. The molecule has 24 heavy (non-hydrogen) atoms. The minimum atomic E-state index is 0.645. The van der Waals surface area contributed by atoms with Gasteiger partial charge < -0.3 is 9.64 Å². The first-order valence-electron chi connectivity index (χ1n) is 8.21. The summed E-state index contributed by atoms with van der Waals surface area (Å²) in [5.74, 6) is 0.645. The Labute approximate surface area is 145 Å². The van der Waals surface area contributed by atoms with E-state index >= 15 is 0 Å². The van der Waals surface area contributed by atoms with Gasteiger partial charge in [0.15, 0.2) is 5.65 Å². The summed E-state index contributed by atoms with van der Waals surface area (Å²) in [6.45, 7) is 6.07. The van der Waals surface area contributed by atoms with Gasteiger partial charge in [0.1, 0.15) is 6.61 Å². The number of ether oxygens (including phenoxy) is 1. The van der Waals surface area contributed by atoms with Crippen LogP contribution in [0.25, 0.3) is 16.9 Å². The number of hydrogen-bond donors (Lipinski definition) is 0. The number of thiophene rings is 1. The molecule has 0 aliphatic carbocycles. The third kappa shape index (κ3) is 3.28. The fourth-order valence-corrected chi connectivity index (χ4v) is 3.54. The lowest BCUT2D eigenvalue weighted by atomic mass is 10.3. The zero-order valence-electron chi connectivity index (χ0n) is 13.8. The van der Waals surface area contributed by atoms with Crippen LogP contribution in [0.5, 0.6) is 5.88 Å². The number of likely N-dealkylation sites (N-methyl/N-ethyl adjacent to an activating group) is 1. The van der Waals surface area contributed by atoms with Crippen LogP contribution in [-0.2, 0) is 0 Å². The van der Waals surface area contributed by atoms with E-state index < -0.39 is 0 Å². The number of rotatable bonds is 5. The van der Waals surface area contributed by atoms with Crippen molar-refractivity contribution in [1.29, 1.82) is 0 Å². The number of imidazole rings is 1. The summed E-state index contributed by atoms with van der Waals surface area (Å²) in [5, 5.41) is 8.76. The van der Waals surface area contributed by atoms with E-state index in [1.165, 1.54) is 0 Å². The first kappa shape index (κ1) is 15.6. The minimum Gasteiger partial charge on any atom is -0.475 e. The van der Waals surface area contributed by atoms with Crippen molar-refractivity contribution in [3.05, 3.63) is 35.2 Å². The number of piperazine rings is 1. The maximum atomic E-state index is 5.87. The molecule has 1 aliphatic rings. The Kier molecular flexibility index (Phi) is 4.46. The molecule has 6 nitrogen and oxygen atoms in total. The van der Waals surface area contributed by atoms with Gasteiger partial charge in [-0.1, -0.05) is 0 Å². The molecule has 3 aromatic rings. The summed E-state index contributed by atoms with van der Waals surface area (Å²) in [4.78, 5) is 9.21. The highest BCUT2D eigenvalue weighted by molar-refractivity contribution is 7.08. The van der Waals surface area contributed by atoms with Gasteiger partial charge in [-0.05, 0) is 24.6 Å². The molecule has 0 saturated carbocycles. The summed E-state index contributed by atoms with van der Waals surface area (Å²) in [5.41, 5.74) is 2.97. The Hall–Kier alpha value is -1.96. The zero-order valence-corrected chi connectivity index (χ0v) is 14.6. The maximum Gasteiger partial charge on any atom is 0.231 e. The van der Waals surface area contributed by atoms with Crippen LogP contribution in [0.3, 0.4) is 0 Å². The lowest BCUT2D eigenvalue weighted by molar-refractivity contribution is 0.132. The van der Waals surface area contributed by atoms with E-state index in [9.17, 15) is 0 Å². The predicted octanol–water partition coefficient (Wildman–Crippen LogP) is 2.08. The molecule has 126 valence electrons. The van der Waals surface area contributed by atoms with Crippen LogP contribution in [0.2, 0.25) is 0 Å². The lowest BCUT2D eigenvalue weighted by Crippen LogP contribution is -2.45. The van der Waals surface area contributed by atoms with Gasteiger partial charge in [0, 0.05) is 49.7 Å². The highest BCUT2D eigenvalue weighted by Gasteiger charge is 2.13. The Balaban J connectivity index is 1.42. The van der Waals surface area contributed by atoms with Crippen LogP contribution in [0, 0.1) is 0 Å². The van der Waals surface area contributed by atoms with Crippen molar-refractivity contribution in [2.75, 3.05) is 46.4 Å². The SMILES string of the molecule is CN1CCN(CCOc2ccc3ncc(-c4ccsc4)n3n2)CC1. The topological polar surface area (TPSA) is 45.9 Å². The molecule has 0 aromatic carbocycles. The molecule has 0 N–H and O–H groups in total. The molecular formula is C17H21N5OS. The van der Waals surface area contributed by atoms with E-state index in [0.717, 1.165) is 49.6 Å². The largest absolute Gasteiger partial charge is 0.475 e. The van der Waals surface area contributed by atoms with Gasteiger partial charge in [-0.3, -0.25) is 4.90 Å². The second-order valence-electron chi connectivity index (χ2n) is 6.09. The molecule has 0 bridgehead atoms. The standard InChI is InChI=1S/C17H21N5OS/c1-20-5-7-21(8-6-20)9-10-23-17-3-2-16-18-12-15(22(16)19-17)14-4-11-24-13-14/h2-4,11-13H,5-10H2,1H3. The van der Waals surface area contributed by atoms with Gasteiger partial charge in [0.05, 0.1) is 11.9 Å². The molecule has 0 spiro atoms. The fourth-order valence-electron chi connectivity index (χ4n) is 2.89. The zero-order chi connectivity index (χ0) is 16.4. The molecule has 0 amide bonds. The third-order valence-corrected chi connectivity index (χ3v) is 5.09. The molecule has 1 fully saturated rings. The van der Waals surface area contributed by atoms with Crippen molar-refractivity contribution < 1.29 is 4.74 Å². The van der Waals surface area contributed by atoms with Gasteiger partial charge >= 0.3 is 0 Å². The molecular weight excluding hydrogens is 322 g/mol. The maximum absolute atomic E-state index is 5.87. The van der Waals surface area contributed by atoms with Gasteiger partial charge in [0.2, 0.25) is 5.88 Å². The monoisotopic (exact) mass is 343 g/mol. The van der Waals surface area contributed by atoms with Crippen molar-refractivity contribution in [2.24, 2.45) is 0 Å². The van der Waals surface area contributed by atoms with E-state index in [1.54, 1.807) is 11.3 Å². The van der Waals surface area contributed by atoms with Gasteiger partial charge in [-0.2, -0.15) is 11.3 Å². The van der Waals surface area contributed by atoms with Crippen molar-refractivity contribution in [3.63, 3.8) is 0 Å². The van der Waals surface area contributed by atoms with E-state index in [4.69, 9.17) is 4.74 Å². The van der Waals surface area contributed by atoms with E-state index in [2.05, 4.69) is 43.8 Å². The second-order valence-corrected chi connectivity index (χ2v) is 6.87. The van der Waals surface area contributed by atoms with Crippen LogP contribution in [0.15, 0.2) is 35.2 Å². The number of hydrogen-bond acceptors (Lipinski definition) is 6. The summed E-state index contributed by atoms with van der Waals surface area (Å²) in [6.07, 6.45) is 1.86. The van der Waals surface area contributed by atoms with Gasteiger partial charge in [-0.25, -0.2) is 9.50 Å². The Morgan fingerprint density at radius 3 is 2.83 bits per heavy atom. The number of aromatic nitrogens is 3. The number of fused-ring (bicyclic) bond motifs is 1.